The Hall–Kier alpha value is -2.69. The number of nitrogens with one attached hydrogen (secondary N) is 1. The summed E-state index contributed by atoms with van der Waals surface area (Å²) in [4.78, 5) is 23.4. The standard InChI is InChI=1S/C20H18ClN5O2/c21-13-3-11-5-14(6-16(11)12(4-13)7-22)24-20-23-8-17-18(25-20)9-26(19(17)27)15-1-2-28-10-15/h3-4,8,14-15H,1-2,5-6,9-10H2,(H,23,24,25)/t14-,15-/m0/s1. The lowest BCUT2D eigenvalue weighted by molar-refractivity contribution is 0.0678. The molecule has 1 saturated heterocycles. The quantitative estimate of drug-likeness (QED) is 0.857. The second-order valence-corrected chi connectivity index (χ2v) is 7.89. The fourth-order valence-corrected chi connectivity index (χ4v) is 4.56. The number of anilines is 1. The van der Waals surface area contributed by atoms with Crippen molar-refractivity contribution in [2.24, 2.45) is 0 Å². The number of rotatable bonds is 3. The normalized spacial score (nSPS) is 22.9. The van der Waals surface area contributed by atoms with Crippen molar-refractivity contribution in [1.82, 2.24) is 14.9 Å². The fraction of sp³-hybridized carbons (Fsp3) is 0.400. The van der Waals surface area contributed by atoms with Gasteiger partial charge in [-0.3, -0.25) is 4.79 Å². The van der Waals surface area contributed by atoms with Crippen LogP contribution in [0.5, 0.6) is 0 Å². The van der Waals surface area contributed by atoms with E-state index in [0.717, 1.165) is 36.1 Å². The molecule has 2 aromatic rings. The molecule has 1 aliphatic carbocycles. The summed E-state index contributed by atoms with van der Waals surface area (Å²) in [6.45, 7) is 1.78. The number of benzene rings is 1. The first-order valence-electron chi connectivity index (χ1n) is 9.35. The third-order valence-corrected chi connectivity index (χ3v) is 5.92. The number of fused-ring (bicyclic) bond motifs is 2. The van der Waals surface area contributed by atoms with Gasteiger partial charge in [-0.1, -0.05) is 11.6 Å². The Labute approximate surface area is 167 Å². The van der Waals surface area contributed by atoms with Crippen LogP contribution in [0.4, 0.5) is 5.95 Å². The van der Waals surface area contributed by atoms with Crippen molar-refractivity contribution in [3.8, 4) is 6.07 Å². The number of hydrogen-bond donors (Lipinski definition) is 1. The van der Waals surface area contributed by atoms with Crippen molar-refractivity contribution < 1.29 is 9.53 Å². The Balaban J connectivity index is 1.33. The molecule has 1 aromatic heterocycles. The predicted octanol–water partition coefficient (Wildman–Crippen LogP) is 2.33. The number of halogens is 1. The lowest BCUT2D eigenvalue weighted by Gasteiger charge is -2.21. The van der Waals surface area contributed by atoms with Gasteiger partial charge >= 0.3 is 0 Å². The minimum absolute atomic E-state index is 0.0152. The molecule has 7 nitrogen and oxygen atoms in total. The molecule has 2 aliphatic heterocycles. The molecule has 0 bridgehead atoms. The number of nitriles is 1. The molecule has 8 heteroatoms. The number of amides is 1. The molecule has 1 fully saturated rings. The summed E-state index contributed by atoms with van der Waals surface area (Å²) in [6.07, 6.45) is 3.96. The van der Waals surface area contributed by atoms with Crippen LogP contribution in [0.1, 0.15) is 39.2 Å². The van der Waals surface area contributed by atoms with Gasteiger partial charge in [0.05, 0.1) is 42.1 Å². The van der Waals surface area contributed by atoms with E-state index >= 15 is 0 Å². The summed E-state index contributed by atoms with van der Waals surface area (Å²) in [7, 11) is 0. The lowest BCUT2D eigenvalue weighted by Crippen LogP contribution is -2.35. The molecular weight excluding hydrogens is 378 g/mol. The van der Waals surface area contributed by atoms with Crippen LogP contribution in [0.2, 0.25) is 5.02 Å². The average Bonchev–Trinajstić information content (AvgIpc) is 3.40. The molecule has 0 radical (unpaired) electrons. The Morgan fingerprint density at radius 1 is 1.36 bits per heavy atom. The smallest absolute Gasteiger partial charge is 0.258 e. The van der Waals surface area contributed by atoms with Crippen LogP contribution in [0.15, 0.2) is 18.3 Å². The van der Waals surface area contributed by atoms with E-state index in [-0.39, 0.29) is 18.0 Å². The third kappa shape index (κ3) is 2.89. The average molecular weight is 396 g/mol. The minimum atomic E-state index is -0.0152. The first-order chi connectivity index (χ1) is 13.6. The summed E-state index contributed by atoms with van der Waals surface area (Å²) in [5.41, 5.74) is 4.08. The van der Waals surface area contributed by atoms with Gasteiger partial charge in [-0.05, 0) is 42.5 Å². The highest BCUT2D eigenvalue weighted by atomic mass is 35.5. The van der Waals surface area contributed by atoms with Gasteiger partial charge in [0.1, 0.15) is 0 Å². The topological polar surface area (TPSA) is 91.1 Å². The highest BCUT2D eigenvalue weighted by molar-refractivity contribution is 6.30. The van der Waals surface area contributed by atoms with E-state index in [4.69, 9.17) is 16.3 Å². The van der Waals surface area contributed by atoms with E-state index in [1.807, 2.05) is 11.0 Å². The van der Waals surface area contributed by atoms with E-state index in [1.165, 1.54) is 0 Å². The number of hydrogen-bond acceptors (Lipinski definition) is 6. The molecule has 0 spiro atoms. The number of nitrogens with zero attached hydrogens (tertiary/aromatic N) is 4. The predicted molar refractivity (Wildman–Crippen MR) is 102 cm³/mol. The number of aromatic nitrogens is 2. The number of ether oxygens (including phenoxy) is 1. The Bertz CT molecular complexity index is 1010. The van der Waals surface area contributed by atoms with Gasteiger partial charge in [0.2, 0.25) is 5.95 Å². The highest BCUT2D eigenvalue weighted by Crippen LogP contribution is 2.31. The van der Waals surface area contributed by atoms with Gasteiger partial charge in [-0.25, -0.2) is 9.97 Å². The zero-order valence-electron chi connectivity index (χ0n) is 15.1. The zero-order chi connectivity index (χ0) is 19.3. The van der Waals surface area contributed by atoms with Gasteiger partial charge in [0.15, 0.2) is 0 Å². The first kappa shape index (κ1) is 17.4. The summed E-state index contributed by atoms with van der Waals surface area (Å²) in [6, 6.07) is 6.07. The second-order valence-electron chi connectivity index (χ2n) is 7.46. The molecule has 3 aliphatic rings. The maximum atomic E-state index is 12.6. The maximum absolute atomic E-state index is 12.6. The van der Waals surface area contributed by atoms with Gasteiger partial charge in [0, 0.05) is 23.9 Å². The molecule has 3 heterocycles. The van der Waals surface area contributed by atoms with Crippen molar-refractivity contribution in [3.05, 3.63) is 51.3 Å². The van der Waals surface area contributed by atoms with Gasteiger partial charge in [-0.2, -0.15) is 5.26 Å². The molecule has 1 aromatic carbocycles. The van der Waals surface area contributed by atoms with Gasteiger partial charge < -0.3 is 15.0 Å². The number of carbonyl (C=O) groups is 1. The molecule has 0 saturated carbocycles. The molecule has 5 rings (SSSR count). The van der Waals surface area contributed by atoms with E-state index in [0.29, 0.717) is 41.9 Å². The minimum Gasteiger partial charge on any atom is -0.379 e. The summed E-state index contributed by atoms with van der Waals surface area (Å²) in [5, 5.41) is 13.3. The highest BCUT2D eigenvalue weighted by Gasteiger charge is 2.36. The second kappa shape index (κ2) is 6.73. The lowest BCUT2D eigenvalue weighted by atomic mass is 10.0. The van der Waals surface area contributed by atoms with Crippen LogP contribution in [0.25, 0.3) is 0 Å². The monoisotopic (exact) mass is 395 g/mol. The van der Waals surface area contributed by atoms with Crippen molar-refractivity contribution in [1.29, 1.82) is 5.26 Å². The van der Waals surface area contributed by atoms with E-state index in [9.17, 15) is 10.1 Å². The van der Waals surface area contributed by atoms with Crippen molar-refractivity contribution in [3.63, 3.8) is 0 Å². The molecule has 1 N–H and O–H groups in total. The van der Waals surface area contributed by atoms with E-state index in [1.54, 1.807) is 12.3 Å². The number of carbonyl (C=O) groups excluding carboxylic acids is 1. The summed E-state index contributed by atoms with van der Waals surface area (Å²) >= 11 is 6.12. The summed E-state index contributed by atoms with van der Waals surface area (Å²) in [5.74, 6) is 0.497. The van der Waals surface area contributed by atoms with Gasteiger partial charge in [0.25, 0.3) is 5.91 Å². The molecule has 1 amide bonds. The first-order valence-corrected chi connectivity index (χ1v) is 9.72. The van der Waals surface area contributed by atoms with Crippen molar-refractivity contribution in [2.45, 2.75) is 37.9 Å². The zero-order valence-corrected chi connectivity index (χ0v) is 15.9. The Morgan fingerprint density at radius 3 is 3.04 bits per heavy atom. The summed E-state index contributed by atoms with van der Waals surface area (Å²) < 4.78 is 5.41. The van der Waals surface area contributed by atoms with Gasteiger partial charge in [-0.15, -0.1) is 0 Å². The third-order valence-electron chi connectivity index (χ3n) is 5.70. The van der Waals surface area contributed by atoms with Crippen LogP contribution in [-0.2, 0) is 24.1 Å². The molecule has 0 unspecified atom stereocenters. The SMILES string of the molecule is N#Cc1cc(Cl)cc2c1C[C@@H](Nc1ncc3c(n1)CN([C@H]1CCOC1)C3=O)C2. The van der Waals surface area contributed by atoms with Crippen LogP contribution in [0.3, 0.4) is 0 Å². The largest absolute Gasteiger partial charge is 0.379 e. The van der Waals surface area contributed by atoms with E-state index < -0.39 is 0 Å². The Kier molecular flexibility index (Phi) is 4.18. The van der Waals surface area contributed by atoms with Crippen molar-refractivity contribution >= 4 is 23.5 Å². The fourth-order valence-electron chi connectivity index (χ4n) is 4.32. The molecular formula is C20H18ClN5O2. The van der Waals surface area contributed by atoms with Crippen LogP contribution in [-0.4, -0.2) is 46.1 Å². The maximum Gasteiger partial charge on any atom is 0.258 e. The van der Waals surface area contributed by atoms with Crippen LogP contribution in [0, 0.1) is 11.3 Å². The van der Waals surface area contributed by atoms with E-state index in [2.05, 4.69) is 21.4 Å². The van der Waals surface area contributed by atoms with Crippen molar-refractivity contribution in [2.75, 3.05) is 18.5 Å². The Morgan fingerprint density at radius 2 is 2.25 bits per heavy atom. The molecule has 142 valence electrons. The van der Waals surface area contributed by atoms with Crippen LogP contribution < -0.4 is 5.32 Å². The molecule has 2 atom stereocenters. The van der Waals surface area contributed by atoms with Crippen LogP contribution >= 0.6 is 11.6 Å². The molecule has 28 heavy (non-hydrogen) atoms.